The van der Waals surface area contributed by atoms with Crippen molar-refractivity contribution in [1.29, 1.82) is 0 Å². The third kappa shape index (κ3) is 1.19. The maximum absolute atomic E-state index is 10.0. The molecule has 0 amide bonds. The van der Waals surface area contributed by atoms with Crippen LogP contribution in [0, 0.1) is 16.7 Å². The van der Waals surface area contributed by atoms with Crippen molar-refractivity contribution in [2.75, 3.05) is 7.05 Å². The van der Waals surface area contributed by atoms with Crippen molar-refractivity contribution in [3.63, 3.8) is 0 Å². The Balaban J connectivity index is 2.62. The van der Waals surface area contributed by atoms with Crippen LogP contribution in [0.5, 0.6) is 0 Å². The van der Waals surface area contributed by atoms with Gasteiger partial charge in [0, 0.05) is 7.05 Å². The Labute approximate surface area is 52.9 Å². The summed E-state index contributed by atoms with van der Waals surface area (Å²) in [6, 6.07) is 0. The van der Waals surface area contributed by atoms with Crippen LogP contribution in [0.1, 0.15) is 6.42 Å². The van der Waals surface area contributed by atoms with Crippen LogP contribution in [0.4, 0.5) is 0 Å². The number of hydrogen-bond acceptors (Lipinski definition) is 3. The van der Waals surface area contributed by atoms with Gasteiger partial charge in [-0.3, -0.25) is 10.1 Å². The third-order valence-electron chi connectivity index (χ3n) is 1.09. The maximum Gasteiger partial charge on any atom is 0.264 e. The van der Waals surface area contributed by atoms with E-state index in [4.69, 9.17) is 0 Å². The fourth-order valence-corrected chi connectivity index (χ4v) is 0.632. The normalized spacial score (nSPS) is 17.9. The monoisotopic (exact) mass is 126 g/mol. The van der Waals surface area contributed by atoms with E-state index in [1.165, 1.54) is 6.20 Å². The lowest BCUT2D eigenvalue weighted by atomic mass is 10.4. The van der Waals surface area contributed by atoms with Crippen LogP contribution in [0.3, 0.4) is 0 Å². The van der Waals surface area contributed by atoms with Crippen LogP contribution in [-0.4, -0.2) is 16.9 Å². The zero-order chi connectivity index (χ0) is 6.85. The first-order valence-electron chi connectivity index (χ1n) is 2.51. The first-order valence-corrected chi connectivity index (χ1v) is 2.51. The lowest BCUT2D eigenvalue weighted by molar-refractivity contribution is -0.426. The highest BCUT2D eigenvalue weighted by atomic mass is 16.6. The predicted molar refractivity (Wildman–Crippen MR) is 30.7 cm³/mol. The van der Waals surface area contributed by atoms with E-state index in [2.05, 4.69) is 6.54 Å². The van der Waals surface area contributed by atoms with E-state index in [-0.39, 0.29) is 5.70 Å². The van der Waals surface area contributed by atoms with Crippen molar-refractivity contribution in [2.45, 2.75) is 6.42 Å². The van der Waals surface area contributed by atoms with Crippen LogP contribution >= 0.6 is 0 Å². The molecule has 2 radical (unpaired) electrons. The molecule has 0 aromatic carbocycles. The van der Waals surface area contributed by atoms with Gasteiger partial charge in [0.15, 0.2) is 0 Å². The Morgan fingerprint density at radius 1 is 2.00 bits per heavy atom. The van der Waals surface area contributed by atoms with E-state index in [1.807, 2.05) is 0 Å². The SMILES string of the molecule is CN1[C]CC([N+](=O)[O-])=C1. The molecule has 48 valence electrons. The molecule has 0 aliphatic carbocycles. The molecule has 0 spiro atoms. The topological polar surface area (TPSA) is 46.4 Å². The molecule has 0 saturated heterocycles. The van der Waals surface area contributed by atoms with Gasteiger partial charge in [-0.2, -0.15) is 0 Å². The van der Waals surface area contributed by atoms with Gasteiger partial charge in [0.2, 0.25) is 0 Å². The second-order valence-corrected chi connectivity index (χ2v) is 1.82. The van der Waals surface area contributed by atoms with Crippen LogP contribution < -0.4 is 0 Å². The van der Waals surface area contributed by atoms with Crippen molar-refractivity contribution >= 4 is 0 Å². The van der Waals surface area contributed by atoms with Crippen molar-refractivity contribution in [3.05, 3.63) is 28.6 Å². The molecule has 1 aliphatic heterocycles. The molecule has 0 aromatic heterocycles. The van der Waals surface area contributed by atoms with E-state index in [1.54, 1.807) is 11.9 Å². The molecule has 0 unspecified atom stereocenters. The van der Waals surface area contributed by atoms with E-state index >= 15 is 0 Å². The fourth-order valence-electron chi connectivity index (χ4n) is 0.632. The fraction of sp³-hybridized carbons (Fsp3) is 0.400. The minimum Gasteiger partial charge on any atom is -0.364 e. The smallest absolute Gasteiger partial charge is 0.264 e. The summed E-state index contributed by atoms with van der Waals surface area (Å²) in [7, 11) is 1.72. The number of nitro groups is 1. The molecule has 4 heteroatoms. The molecule has 4 nitrogen and oxygen atoms in total. The quantitative estimate of drug-likeness (QED) is 0.379. The van der Waals surface area contributed by atoms with Crippen LogP contribution in [0.25, 0.3) is 0 Å². The summed E-state index contributed by atoms with van der Waals surface area (Å²) in [6.45, 7) is 2.75. The van der Waals surface area contributed by atoms with Gasteiger partial charge in [0.05, 0.1) is 17.5 Å². The maximum atomic E-state index is 10.0. The molecule has 1 aliphatic rings. The van der Waals surface area contributed by atoms with Crippen molar-refractivity contribution in [2.24, 2.45) is 0 Å². The van der Waals surface area contributed by atoms with E-state index < -0.39 is 4.92 Å². The van der Waals surface area contributed by atoms with Gasteiger partial charge in [-0.05, 0) is 0 Å². The van der Waals surface area contributed by atoms with Gasteiger partial charge in [-0.25, -0.2) is 0 Å². The van der Waals surface area contributed by atoms with Crippen molar-refractivity contribution in [1.82, 2.24) is 4.90 Å². The van der Waals surface area contributed by atoms with Gasteiger partial charge < -0.3 is 4.90 Å². The first kappa shape index (κ1) is 6.07. The molecule has 0 fully saturated rings. The number of hydrogen-bond donors (Lipinski definition) is 0. The highest BCUT2D eigenvalue weighted by molar-refractivity contribution is 5.03. The molecule has 1 rings (SSSR count). The second-order valence-electron chi connectivity index (χ2n) is 1.82. The van der Waals surface area contributed by atoms with E-state index in [9.17, 15) is 10.1 Å². The lowest BCUT2D eigenvalue weighted by Crippen LogP contribution is -1.98. The molecular weight excluding hydrogens is 120 g/mol. The highest BCUT2D eigenvalue weighted by Crippen LogP contribution is 2.15. The minimum absolute atomic E-state index is 0.206. The van der Waals surface area contributed by atoms with E-state index in [0.29, 0.717) is 6.42 Å². The molecular formula is C5H6N2O2. The van der Waals surface area contributed by atoms with Gasteiger partial charge in [0.25, 0.3) is 5.70 Å². The number of rotatable bonds is 1. The predicted octanol–water partition coefficient (Wildman–Crippen LogP) is 0.479. The zero-order valence-corrected chi connectivity index (χ0v) is 5.00. The molecule has 1 heterocycles. The summed E-state index contributed by atoms with van der Waals surface area (Å²) >= 11 is 0. The Bertz CT molecular complexity index is 164. The Morgan fingerprint density at radius 2 is 2.67 bits per heavy atom. The summed E-state index contributed by atoms with van der Waals surface area (Å²) in [5.41, 5.74) is 0.206. The van der Waals surface area contributed by atoms with Crippen LogP contribution in [-0.2, 0) is 0 Å². The average Bonchev–Trinajstić information content (AvgIpc) is 2.14. The lowest BCUT2D eigenvalue weighted by Gasteiger charge is -1.98. The second kappa shape index (κ2) is 2.05. The average molecular weight is 126 g/mol. The summed E-state index contributed by atoms with van der Waals surface area (Å²) in [4.78, 5) is 11.2. The summed E-state index contributed by atoms with van der Waals surface area (Å²) in [5, 5.41) is 10.0. The highest BCUT2D eigenvalue weighted by Gasteiger charge is 2.19. The summed E-state index contributed by atoms with van der Waals surface area (Å²) in [5.74, 6) is 0. The Hall–Kier alpha value is -1.06. The molecule has 0 N–H and O–H groups in total. The van der Waals surface area contributed by atoms with Crippen molar-refractivity contribution < 1.29 is 4.92 Å². The van der Waals surface area contributed by atoms with Crippen LogP contribution in [0.2, 0.25) is 0 Å². The van der Waals surface area contributed by atoms with Gasteiger partial charge in [-0.1, -0.05) is 0 Å². The van der Waals surface area contributed by atoms with Gasteiger partial charge in [0.1, 0.15) is 6.54 Å². The Kier molecular flexibility index (Phi) is 1.38. The largest absolute Gasteiger partial charge is 0.364 e. The first-order chi connectivity index (χ1) is 4.20. The Morgan fingerprint density at radius 3 is 2.89 bits per heavy atom. The zero-order valence-electron chi connectivity index (χ0n) is 5.00. The molecule has 0 bridgehead atoms. The van der Waals surface area contributed by atoms with Crippen molar-refractivity contribution in [3.8, 4) is 0 Å². The summed E-state index contributed by atoms with van der Waals surface area (Å²) in [6.07, 6.45) is 1.78. The van der Waals surface area contributed by atoms with Gasteiger partial charge in [-0.15, -0.1) is 0 Å². The molecule has 0 aromatic rings. The number of nitrogens with zero attached hydrogens (tertiary/aromatic N) is 2. The molecule has 0 saturated carbocycles. The molecule has 9 heavy (non-hydrogen) atoms. The molecule has 0 atom stereocenters. The van der Waals surface area contributed by atoms with E-state index in [0.717, 1.165) is 0 Å². The van der Waals surface area contributed by atoms with Gasteiger partial charge >= 0.3 is 0 Å². The minimum atomic E-state index is -0.392. The third-order valence-corrected chi connectivity index (χ3v) is 1.09. The summed E-state index contributed by atoms with van der Waals surface area (Å²) < 4.78 is 0. The standard InChI is InChI=1S/C5H6N2O2/c1-6-3-2-5(4-6)7(8)9/h4H,2H2,1H3. The van der Waals surface area contributed by atoms with Crippen LogP contribution in [0.15, 0.2) is 11.9 Å².